The summed E-state index contributed by atoms with van der Waals surface area (Å²) in [5.74, 6) is -0.463. The van der Waals surface area contributed by atoms with Crippen LogP contribution in [0, 0.1) is 0 Å². The number of benzene rings is 1. The maximum absolute atomic E-state index is 12.2. The molecule has 0 aliphatic carbocycles. The number of hydrogen-bond acceptors (Lipinski definition) is 5. The largest absolute Gasteiger partial charge is 0.461 e. The van der Waals surface area contributed by atoms with Crippen LogP contribution in [0.15, 0.2) is 16.6 Å². The highest BCUT2D eigenvalue weighted by molar-refractivity contribution is 9.10. The minimum atomic E-state index is -0.463. The summed E-state index contributed by atoms with van der Waals surface area (Å²) in [6.45, 7) is 3.13. The number of hydrogen-bond donors (Lipinski definition) is 4. The van der Waals surface area contributed by atoms with Crippen LogP contribution < -0.4 is 0 Å². The van der Waals surface area contributed by atoms with Crippen LogP contribution in [-0.2, 0) is 31.0 Å². The number of carbonyl (C=O) groups is 1. The van der Waals surface area contributed by atoms with Crippen LogP contribution in [0.4, 0.5) is 0 Å². The Morgan fingerprint density at radius 3 is 2.32 bits per heavy atom. The first-order valence-corrected chi connectivity index (χ1v) is 8.87. The van der Waals surface area contributed by atoms with Crippen molar-refractivity contribution >= 4 is 21.9 Å². The van der Waals surface area contributed by atoms with E-state index in [0.29, 0.717) is 38.8 Å². The molecule has 0 bridgehead atoms. The molecule has 136 valence electrons. The lowest BCUT2D eigenvalue weighted by Crippen LogP contribution is -2.06. The number of rotatable bonds is 7. The normalized spacial score (nSPS) is 11.0. The van der Waals surface area contributed by atoms with Crippen molar-refractivity contribution in [1.82, 2.24) is 4.98 Å². The summed E-state index contributed by atoms with van der Waals surface area (Å²) in [5, 5.41) is 29.0. The number of aliphatic hydroxyl groups excluding tert-OH is 3. The fourth-order valence-electron chi connectivity index (χ4n) is 2.92. The number of halogens is 1. The van der Waals surface area contributed by atoms with Crippen molar-refractivity contribution in [1.29, 1.82) is 0 Å². The van der Waals surface area contributed by atoms with Gasteiger partial charge in [-0.1, -0.05) is 19.1 Å². The van der Waals surface area contributed by atoms with Gasteiger partial charge in [-0.3, -0.25) is 0 Å². The predicted molar refractivity (Wildman–Crippen MR) is 97.0 cm³/mol. The Bertz CT molecular complexity index is 769. The van der Waals surface area contributed by atoms with E-state index in [1.165, 1.54) is 0 Å². The van der Waals surface area contributed by atoms with E-state index in [9.17, 15) is 20.1 Å². The first kappa shape index (κ1) is 19.7. The highest BCUT2D eigenvalue weighted by Crippen LogP contribution is 2.39. The maximum Gasteiger partial charge on any atom is 0.355 e. The predicted octanol–water partition coefficient (Wildman–Crippen LogP) is 2.66. The average Bonchev–Trinajstić information content (AvgIpc) is 2.96. The van der Waals surface area contributed by atoms with Gasteiger partial charge in [0.05, 0.1) is 30.9 Å². The maximum atomic E-state index is 12.2. The molecule has 1 aromatic heterocycles. The lowest BCUT2D eigenvalue weighted by molar-refractivity contribution is 0.0519. The molecule has 0 unspecified atom stereocenters. The van der Waals surface area contributed by atoms with E-state index >= 15 is 0 Å². The van der Waals surface area contributed by atoms with E-state index < -0.39 is 5.97 Å². The van der Waals surface area contributed by atoms with Gasteiger partial charge in [0.25, 0.3) is 0 Å². The van der Waals surface area contributed by atoms with E-state index in [1.54, 1.807) is 19.1 Å². The summed E-state index contributed by atoms with van der Waals surface area (Å²) in [6.07, 6.45) is 0.633. The molecule has 0 fully saturated rings. The zero-order valence-electron chi connectivity index (χ0n) is 14.2. The first-order valence-electron chi connectivity index (χ1n) is 8.07. The summed E-state index contributed by atoms with van der Waals surface area (Å²) in [5.41, 5.74) is 4.15. The van der Waals surface area contributed by atoms with Gasteiger partial charge in [0.2, 0.25) is 0 Å². The Morgan fingerprint density at radius 1 is 1.12 bits per heavy atom. The number of nitrogens with one attached hydrogen (secondary N) is 1. The number of aryl methyl sites for hydroxylation is 1. The molecule has 7 heteroatoms. The molecule has 0 radical (unpaired) electrons. The van der Waals surface area contributed by atoms with Crippen LogP contribution in [0.1, 0.15) is 46.7 Å². The quantitative estimate of drug-likeness (QED) is 0.524. The number of H-pyrrole nitrogens is 1. The third-order valence-electron chi connectivity index (χ3n) is 4.13. The number of esters is 1. The van der Waals surface area contributed by atoms with Crippen molar-refractivity contribution in [3.63, 3.8) is 0 Å². The van der Waals surface area contributed by atoms with Gasteiger partial charge >= 0.3 is 5.97 Å². The lowest BCUT2D eigenvalue weighted by atomic mass is 9.92. The second-order valence-electron chi connectivity index (χ2n) is 5.45. The average molecular weight is 412 g/mol. The highest BCUT2D eigenvalue weighted by Gasteiger charge is 2.24. The van der Waals surface area contributed by atoms with Crippen molar-refractivity contribution in [2.45, 2.75) is 40.1 Å². The fourth-order valence-corrected chi connectivity index (χ4v) is 3.63. The van der Waals surface area contributed by atoms with Crippen molar-refractivity contribution in [3.8, 4) is 11.1 Å². The molecule has 0 atom stereocenters. The Hall–Kier alpha value is -1.67. The molecule has 0 saturated heterocycles. The summed E-state index contributed by atoms with van der Waals surface area (Å²) < 4.78 is 5.63. The number of carbonyl (C=O) groups excluding carboxylic acids is 1. The number of ether oxygens (including phenoxy) is 1. The Kier molecular flexibility index (Phi) is 6.78. The molecule has 0 aliphatic rings. The highest BCUT2D eigenvalue weighted by atomic mass is 79.9. The molecule has 6 nitrogen and oxygen atoms in total. The molecule has 1 aromatic carbocycles. The zero-order chi connectivity index (χ0) is 18.6. The Morgan fingerprint density at radius 2 is 1.80 bits per heavy atom. The minimum absolute atomic E-state index is 0.230. The number of aromatic nitrogens is 1. The fraction of sp³-hybridized carbons (Fsp3) is 0.389. The van der Waals surface area contributed by atoms with E-state index in [0.717, 1.165) is 11.3 Å². The van der Waals surface area contributed by atoms with Gasteiger partial charge in [-0.05, 0) is 51.5 Å². The number of aromatic amines is 1. The standard InChI is InChI=1S/C18H22BrNO5/c1-3-14-15(16(19)17(20-14)18(24)25-4-2)11-6-5-10(7-21)12(8-22)13(11)9-23/h5-6,20-23H,3-4,7-9H2,1-2H3. The third kappa shape index (κ3) is 3.64. The molecule has 0 saturated carbocycles. The monoisotopic (exact) mass is 411 g/mol. The zero-order valence-corrected chi connectivity index (χ0v) is 15.8. The van der Waals surface area contributed by atoms with Gasteiger partial charge in [0, 0.05) is 11.3 Å². The molecule has 0 spiro atoms. The topological polar surface area (TPSA) is 103 Å². The molecular formula is C18H22BrNO5. The van der Waals surface area contributed by atoms with Crippen LogP contribution in [0.25, 0.3) is 11.1 Å². The van der Waals surface area contributed by atoms with E-state index in [4.69, 9.17) is 4.74 Å². The molecule has 0 amide bonds. The molecule has 4 N–H and O–H groups in total. The van der Waals surface area contributed by atoms with E-state index in [1.807, 2.05) is 6.92 Å². The molecule has 2 rings (SSSR count). The SMILES string of the molecule is CCOC(=O)c1[nH]c(CC)c(-c2ccc(CO)c(CO)c2CO)c1Br. The smallest absolute Gasteiger partial charge is 0.355 e. The van der Waals surface area contributed by atoms with Crippen LogP contribution >= 0.6 is 15.9 Å². The summed E-state index contributed by atoms with van der Waals surface area (Å²) in [4.78, 5) is 15.2. The van der Waals surface area contributed by atoms with Crippen molar-refractivity contribution in [2.75, 3.05) is 6.61 Å². The van der Waals surface area contributed by atoms with Crippen LogP contribution in [0.3, 0.4) is 0 Å². The Balaban J connectivity index is 2.72. The first-order chi connectivity index (χ1) is 12.0. The van der Waals surface area contributed by atoms with Crippen LogP contribution in [0.5, 0.6) is 0 Å². The second-order valence-corrected chi connectivity index (χ2v) is 6.24. The molecule has 0 aliphatic heterocycles. The molecule has 25 heavy (non-hydrogen) atoms. The van der Waals surface area contributed by atoms with Crippen molar-refractivity contribution < 1.29 is 24.9 Å². The van der Waals surface area contributed by atoms with Gasteiger partial charge in [0.1, 0.15) is 5.69 Å². The van der Waals surface area contributed by atoms with E-state index in [-0.39, 0.29) is 26.4 Å². The summed E-state index contributed by atoms with van der Waals surface area (Å²) >= 11 is 3.47. The van der Waals surface area contributed by atoms with Gasteiger partial charge in [-0.25, -0.2) is 4.79 Å². The van der Waals surface area contributed by atoms with Gasteiger partial charge < -0.3 is 25.0 Å². The molecule has 2 aromatic rings. The molecular weight excluding hydrogens is 390 g/mol. The van der Waals surface area contributed by atoms with Crippen molar-refractivity contribution in [3.05, 3.63) is 44.7 Å². The lowest BCUT2D eigenvalue weighted by Gasteiger charge is -2.16. The molecule has 1 heterocycles. The van der Waals surface area contributed by atoms with Gasteiger partial charge in [-0.15, -0.1) is 0 Å². The minimum Gasteiger partial charge on any atom is -0.461 e. The van der Waals surface area contributed by atoms with Crippen molar-refractivity contribution in [2.24, 2.45) is 0 Å². The summed E-state index contributed by atoms with van der Waals surface area (Å²) in [6, 6.07) is 3.49. The van der Waals surface area contributed by atoms with Gasteiger partial charge in [-0.2, -0.15) is 0 Å². The summed E-state index contributed by atoms with van der Waals surface area (Å²) in [7, 11) is 0. The van der Waals surface area contributed by atoms with Crippen LogP contribution in [0.2, 0.25) is 0 Å². The second kappa shape index (κ2) is 8.62. The number of aliphatic hydroxyl groups is 3. The van der Waals surface area contributed by atoms with Crippen LogP contribution in [-0.4, -0.2) is 32.9 Å². The van der Waals surface area contributed by atoms with Gasteiger partial charge in [0.15, 0.2) is 0 Å². The third-order valence-corrected chi connectivity index (χ3v) is 4.93. The van der Waals surface area contributed by atoms with E-state index in [2.05, 4.69) is 20.9 Å². The Labute approximate surface area is 154 Å².